The Hall–Kier alpha value is -1.91. The number of nitrogens with one attached hydrogen (secondary N) is 1. The zero-order valence-corrected chi connectivity index (χ0v) is 12.4. The lowest BCUT2D eigenvalue weighted by molar-refractivity contribution is 1.32. The van der Waals surface area contributed by atoms with Gasteiger partial charge in [-0.25, -0.2) is 0 Å². The van der Waals surface area contributed by atoms with E-state index in [-0.39, 0.29) is 0 Å². The van der Waals surface area contributed by atoms with Crippen LogP contribution < -0.4 is 5.43 Å². The summed E-state index contributed by atoms with van der Waals surface area (Å²) in [5.41, 5.74) is 5.84. The maximum absolute atomic E-state index is 5.98. The van der Waals surface area contributed by atoms with Crippen molar-refractivity contribution in [2.45, 2.75) is 6.92 Å². The molecule has 0 aliphatic heterocycles. The highest BCUT2D eigenvalue weighted by Gasteiger charge is 2.03. The molecule has 0 bridgehead atoms. The predicted octanol–water partition coefficient (Wildman–Crippen LogP) is 4.79. The third-order valence-electron chi connectivity index (χ3n) is 2.93. The Kier molecular flexibility index (Phi) is 3.67. The van der Waals surface area contributed by atoms with Gasteiger partial charge in [-0.1, -0.05) is 17.7 Å². The Labute approximate surface area is 125 Å². The summed E-state index contributed by atoms with van der Waals surface area (Å²) in [6, 6.07) is 11.6. The summed E-state index contributed by atoms with van der Waals surface area (Å²) in [5.74, 6) is 0. The van der Waals surface area contributed by atoms with Gasteiger partial charge in [0.25, 0.3) is 0 Å². The first-order valence-electron chi connectivity index (χ1n) is 6.12. The van der Waals surface area contributed by atoms with Crippen molar-refractivity contribution in [2.75, 3.05) is 5.43 Å². The molecule has 0 unspecified atom stereocenters. The molecule has 100 valence electrons. The Bertz CT molecular complexity index is 766. The van der Waals surface area contributed by atoms with E-state index in [1.165, 1.54) is 0 Å². The maximum atomic E-state index is 5.98. The van der Waals surface area contributed by atoms with Gasteiger partial charge in [0.15, 0.2) is 0 Å². The van der Waals surface area contributed by atoms with Crippen LogP contribution in [0.4, 0.5) is 5.69 Å². The van der Waals surface area contributed by atoms with E-state index in [1.807, 2.05) is 42.6 Å². The number of halogens is 1. The van der Waals surface area contributed by atoms with E-state index in [0.717, 1.165) is 27.2 Å². The van der Waals surface area contributed by atoms with Gasteiger partial charge in [0, 0.05) is 21.5 Å². The summed E-state index contributed by atoms with van der Waals surface area (Å²) in [7, 11) is 0. The van der Waals surface area contributed by atoms with Crippen molar-refractivity contribution in [1.82, 2.24) is 4.98 Å². The maximum Gasteiger partial charge on any atom is 0.0747 e. The van der Waals surface area contributed by atoms with E-state index < -0.39 is 0 Å². The fraction of sp³-hybridized carbons (Fsp3) is 0.0667. The second kappa shape index (κ2) is 5.61. The van der Waals surface area contributed by atoms with E-state index >= 15 is 0 Å². The van der Waals surface area contributed by atoms with E-state index in [4.69, 9.17) is 11.6 Å². The highest BCUT2D eigenvalue weighted by Crippen LogP contribution is 2.24. The van der Waals surface area contributed by atoms with Gasteiger partial charge in [-0.3, -0.25) is 10.4 Å². The zero-order valence-electron chi connectivity index (χ0n) is 10.8. The van der Waals surface area contributed by atoms with Crippen molar-refractivity contribution in [3.05, 3.63) is 57.9 Å². The molecule has 0 spiro atoms. The van der Waals surface area contributed by atoms with Crippen LogP contribution in [0.5, 0.6) is 0 Å². The standard InChI is InChI=1S/C15H12ClN3S/c1-10(15-3-2-8-20-15)18-19-13-6-7-17-14-9-11(16)4-5-12(13)14/h2-9H,1H3,(H,17,19)/b18-10+. The monoisotopic (exact) mass is 301 g/mol. The van der Waals surface area contributed by atoms with Crippen LogP contribution in [0.2, 0.25) is 5.02 Å². The molecule has 1 N–H and O–H groups in total. The molecule has 3 rings (SSSR count). The number of aromatic nitrogens is 1. The summed E-state index contributed by atoms with van der Waals surface area (Å²) in [5, 5.41) is 8.15. The molecular formula is C15H12ClN3S. The molecule has 3 aromatic rings. The van der Waals surface area contributed by atoms with Crippen LogP contribution in [0.3, 0.4) is 0 Å². The fourth-order valence-corrected chi connectivity index (χ4v) is 2.75. The number of hydrazone groups is 1. The molecule has 1 aromatic carbocycles. The van der Waals surface area contributed by atoms with Crippen molar-refractivity contribution in [3.63, 3.8) is 0 Å². The summed E-state index contributed by atoms with van der Waals surface area (Å²) in [6.45, 7) is 1.99. The van der Waals surface area contributed by atoms with Gasteiger partial charge >= 0.3 is 0 Å². The Morgan fingerprint density at radius 1 is 1.30 bits per heavy atom. The number of fused-ring (bicyclic) bond motifs is 1. The van der Waals surface area contributed by atoms with E-state index in [9.17, 15) is 0 Å². The minimum Gasteiger partial charge on any atom is -0.277 e. The Morgan fingerprint density at radius 2 is 2.20 bits per heavy atom. The summed E-state index contributed by atoms with van der Waals surface area (Å²) < 4.78 is 0. The first kappa shape index (κ1) is 13.1. The van der Waals surface area contributed by atoms with Gasteiger partial charge in [0.05, 0.1) is 16.9 Å². The fourth-order valence-electron chi connectivity index (χ4n) is 1.90. The molecule has 5 heteroatoms. The van der Waals surface area contributed by atoms with E-state index in [2.05, 4.69) is 21.6 Å². The van der Waals surface area contributed by atoms with Crippen LogP contribution in [0.1, 0.15) is 11.8 Å². The average Bonchev–Trinajstić information content (AvgIpc) is 2.98. The highest BCUT2D eigenvalue weighted by molar-refractivity contribution is 7.12. The third kappa shape index (κ3) is 2.66. The molecular weight excluding hydrogens is 290 g/mol. The molecule has 0 radical (unpaired) electrons. The van der Waals surface area contributed by atoms with Crippen molar-refractivity contribution >= 4 is 45.2 Å². The normalized spacial score (nSPS) is 11.8. The van der Waals surface area contributed by atoms with Gasteiger partial charge in [0.2, 0.25) is 0 Å². The van der Waals surface area contributed by atoms with Crippen LogP contribution >= 0.6 is 22.9 Å². The van der Waals surface area contributed by atoms with Gasteiger partial charge in [0.1, 0.15) is 0 Å². The van der Waals surface area contributed by atoms with Crippen molar-refractivity contribution in [2.24, 2.45) is 5.10 Å². The van der Waals surface area contributed by atoms with E-state index in [1.54, 1.807) is 17.5 Å². The van der Waals surface area contributed by atoms with Gasteiger partial charge in [-0.05, 0) is 42.6 Å². The minimum atomic E-state index is 0.681. The van der Waals surface area contributed by atoms with Gasteiger partial charge < -0.3 is 0 Å². The SMILES string of the molecule is C/C(=N\Nc1ccnc2cc(Cl)ccc12)c1cccs1. The van der Waals surface area contributed by atoms with Gasteiger partial charge in [-0.15, -0.1) is 11.3 Å². The number of thiophene rings is 1. The minimum absolute atomic E-state index is 0.681. The first-order valence-corrected chi connectivity index (χ1v) is 7.38. The highest BCUT2D eigenvalue weighted by atomic mass is 35.5. The molecule has 2 heterocycles. The quantitative estimate of drug-likeness (QED) is 0.558. The number of hydrogen-bond acceptors (Lipinski definition) is 4. The lowest BCUT2D eigenvalue weighted by atomic mass is 10.2. The predicted molar refractivity (Wildman–Crippen MR) is 86.9 cm³/mol. The number of pyridine rings is 1. The molecule has 0 aliphatic rings. The Morgan fingerprint density at radius 3 is 3.00 bits per heavy atom. The molecule has 2 aromatic heterocycles. The zero-order chi connectivity index (χ0) is 13.9. The topological polar surface area (TPSA) is 37.3 Å². The average molecular weight is 302 g/mol. The number of hydrogen-bond donors (Lipinski definition) is 1. The van der Waals surface area contributed by atoms with Crippen LogP contribution in [0.15, 0.2) is 53.1 Å². The number of nitrogens with zero attached hydrogens (tertiary/aromatic N) is 2. The summed E-state index contributed by atoms with van der Waals surface area (Å²) in [4.78, 5) is 5.46. The second-order valence-corrected chi connectivity index (χ2v) is 5.69. The van der Waals surface area contributed by atoms with E-state index in [0.29, 0.717) is 5.02 Å². The van der Waals surface area contributed by atoms with Crippen molar-refractivity contribution < 1.29 is 0 Å². The smallest absolute Gasteiger partial charge is 0.0747 e. The van der Waals surface area contributed by atoms with Crippen molar-refractivity contribution in [1.29, 1.82) is 0 Å². The third-order valence-corrected chi connectivity index (χ3v) is 4.14. The molecule has 3 nitrogen and oxygen atoms in total. The van der Waals surface area contributed by atoms with Crippen molar-refractivity contribution in [3.8, 4) is 0 Å². The van der Waals surface area contributed by atoms with Crippen LogP contribution in [-0.2, 0) is 0 Å². The van der Waals surface area contributed by atoms with Crippen LogP contribution in [0, 0.1) is 0 Å². The number of benzene rings is 1. The molecule has 0 atom stereocenters. The second-order valence-electron chi connectivity index (χ2n) is 4.31. The van der Waals surface area contributed by atoms with Crippen LogP contribution in [0.25, 0.3) is 10.9 Å². The molecule has 0 amide bonds. The molecule has 0 fully saturated rings. The largest absolute Gasteiger partial charge is 0.277 e. The lowest BCUT2D eigenvalue weighted by Gasteiger charge is -2.06. The number of rotatable bonds is 3. The first-order chi connectivity index (χ1) is 9.74. The lowest BCUT2D eigenvalue weighted by Crippen LogP contribution is -1.98. The Balaban J connectivity index is 1.93. The van der Waals surface area contributed by atoms with Gasteiger partial charge in [-0.2, -0.15) is 5.10 Å². The summed E-state index contributed by atoms with van der Waals surface area (Å²) in [6.07, 6.45) is 1.75. The number of anilines is 1. The molecule has 0 saturated carbocycles. The van der Waals surface area contributed by atoms with Crippen LogP contribution in [-0.4, -0.2) is 10.7 Å². The molecule has 0 saturated heterocycles. The summed E-state index contributed by atoms with van der Waals surface area (Å²) >= 11 is 7.65. The molecule has 0 aliphatic carbocycles. The molecule has 20 heavy (non-hydrogen) atoms.